The number of carbonyl (C=O) groups excluding carboxylic acids is 3. The zero-order valence-electron chi connectivity index (χ0n) is 19.9. The van der Waals surface area contributed by atoms with Crippen LogP contribution in [0.15, 0.2) is 18.2 Å². The Hall–Kier alpha value is -2.44. The molecular formula is C25H38FNO5. The Morgan fingerprint density at radius 1 is 0.906 bits per heavy atom. The lowest BCUT2D eigenvalue weighted by atomic mass is 9.91. The van der Waals surface area contributed by atoms with Gasteiger partial charge in [0, 0.05) is 20.8 Å². The SMILES string of the molecule is CCCCCCCCc1ccc(CCC(COC(C)=O)(COC(C)=O)NC(C)=O)cc1F. The highest BCUT2D eigenvalue weighted by atomic mass is 19.1. The van der Waals surface area contributed by atoms with Crippen molar-refractivity contribution in [1.29, 1.82) is 0 Å². The molecule has 180 valence electrons. The molecule has 0 radical (unpaired) electrons. The van der Waals surface area contributed by atoms with Crippen LogP contribution in [-0.2, 0) is 36.7 Å². The number of rotatable bonds is 15. The number of hydrogen-bond donors (Lipinski definition) is 1. The van der Waals surface area contributed by atoms with Gasteiger partial charge in [0.1, 0.15) is 24.6 Å². The molecule has 1 N–H and O–H groups in total. The van der Waals surface area contributed by atoms with Crippen molar-refractivity contribution in [3.8, 4) is 0 Å². The molecule has 0 saturated heterocycles. The Kier molecular flexibility index (Phi) is 12.6. The third-order valence-corrected chi connectivity index (χ3v) is 5.35. The highest BCUT2D eigenvalue weighted by molar-refractivity contribution is 5.74. The van der Waals surface area contributed by atoms with E-state index in [1.807, 2.05) is 12.1 Å². The van der Waals surface area contributed by atoms with Crippen LogP contribution in [0.2, 0.25) is 0 Å². The number of carbonyl (C=O) groups is 3. The molecule has 0 aliphatic carbocycles. The lowest BCUT2D eigenvalue weighted by molar-refractivity contribution is -0.150. The van der Waals surface area contributed by atoms with Crippen molar-refractivity contribution in [2.75, 3.05) is 13.2 Å². The smallest absolute Gasteiger partial charge is 0.302 e. The third kappa shape index (κ3) is 11.3. The van der Waals surface area contributed by atoms with E-state index >= 15 is 0 Å². The van der Waals surface area contributed by atoms with E-state index in [0.29, 0.717) is 24.8 Å². The van der Waals surface area contributed by atoms with Crippen LogP contribution in [0, 0.1) is 5.82 Å². The second-order valence-electron chi connectivity index (χ2n) is 8.47. The van der Waals surface area contributed by atoms with Gasteiger partial charge in [-0.2, -0.15) is 0 Å². The monoisotopic (exact) mass is 451 g/mol. The number of aryl methyl sites for hydroxylation is 2. The molecule has 0 saturated carbocycles. The van der Waals surface area contributed by atoms with Crippen LogP contribution in [0.4, 0.5) is 4.39 Å². The molecular weight excluding hydrogens is 413 g/mol. The maximum absolute atomic E-state index is 14.6. The molecule has 0 atom stereocenters. The van der Waals surface area contributed by atoms with Gasteiger partial charge in [-0.1, -0.05) is 51.2 Å². The maximum atomic E-state index is 14.6. The Bertz CT molecular complexity index is 732. The van der Waals surface area contributed by atoms with E-state index in [1.54, 1.807) is 0 Å². The molecule has 0 heterocycles. The van der Waals surface area contributed by atoms with E-state index in [2.05, 4.69) is 12.2 Å². The maximum Gasteiger partial charge on any atom is 0.302 e. The van der Waals surface area contributed by atoms with Gasteiger partial charge in [-0.3, -0.25) is 14.4 Å². The molecule has 1 rings (SSSR count). The topological polar surface area (TPSA) is 81.7 Å². The summed E-state index contributed by atoms with van der Waals surface area (Å²) >= 11 is 0. The van der Waals surface area contributed by atoms with E-state index in [1.165, 1.54) is 52.5 Å². The molecule has 0 aromatic heterocycles. The molecule has 7 heteroatoms. The summed E-state index contributed by atoms with van der Waals surface area (Å²) in [6.07, 6.45) is 8.38. The van der Waals surface area contributed by atoms with Crippen LogP contribution in [0.25, 0.3) is 0 Å². The summed E-state index contributed by atoms with van der Waals surface area (Å²) in [7, 11) is 0. The molecule has 0 fully saturated rings. The Balaban J connectivity index is 2.79. The lowest BCUT2D eigenvalue weighted by Crippen LogP contribution is -2.55. The van der Waals surface area contributed by atoms with Crippen LogP contribution in [0.5, 0.6) is 0 Å². The average Bonchev–Trinajstić information content (AvgIpc) is 2.72. The lowest BCUT2D eigenvalue weighted by Gasteiger charge is -2.33. The molecule has 32 heavy (non-hydrogen) atoms. The van der Waals surface area contributed by atoms with Gasteiger partial charge in [0.2, 0.25) is 5.91 Å². The number of unbranched alkanes of at least 4 members (excludes halogenated alkanes) is 5. The first-order valence-corrected chi connectivity index (χ1v) is 11.5. The summed E-state index contributed by atoms with van der Waals surface area (Å²) in [6, 6.07) is 5.21. The Morgan fingerprint density at radius 2 is 1.50 bits per heavy atom. The van der Waals surface area contributed by atoms with Crippen molar-refractivity contribution < 1.29 is 28.2 Å². The molecule has 0 aliphatic rings. The van der Waals surface area contributed by atoms with Crippen molar-refractivity contribution in [2.45, 2.75) is 91.0 Å². The van der Waals surface area contributed by atoms with Gasteiger partial charge in [0.15, 0.2) is 0 Å². The first kappa shape index (κ1) is 27.6. The molecule has 1 aromatic rings. The zero-order chi connectivity index (χ0) is 24.0. The largest absolute Gasteiger partial charge is 0.463 e. The van der Waals surface area contributed by atoms with Crippen LogP contribution in [-0.4, -0.2) is 36.6 Å². The normalized spacial score (nSPS) is 11.2. The molecule has 1 amide bonds. The van der Waals surface area contributed by atoms with Gasteiger partial charge in [-0.25, -0.2) is 4.39 Å². The number of nitrogens with one attached hydrogen (secondary N) is 1. The summed E-state index contributed by atoms with van der Waals surface area (Å²) in [5.41, 5.74) is 0.378. The molecule has 0 spiro atoms. The van der Waals surface area contributed by atoms with E-state index < -0.39 is 17.5 Å². The van der Waals surface area contributed by atoms with E-state index in [0.717, 1.165) is 18.4 Å². The number of ether oxygens (including phenoxy) is 2. The summed E-state index contributed by atoms with van der Waals surface area (Å²) in [5.74, 6) is -1.59. The minimum atomic E-state index is -1.09. The highest BCUT2D eigenvalue weighted by Gasteiger charge is 2.34. The first-order chi connectivity index (χ1) is 15.2. The van der Waals surface area contributed by atoms with E-state index in [4.69, 9.17) is 9.47 Å². The second-order valence-corrected chi connectivity index (χ2v) is 8.47. The highest BCUT2D eigenvalue weighted by Crippen LogP contribution is 2.20. The van der Waals surface area contributed by atoms with Crippen molar-refractivity contribution in [1.82, 2.24) is 5.32 Å². The Morgan fingerprint density at radius 3 is 2.03 bits per heavy atom. The van der Waals surface area contributed by atoms with E-state index in [-0.39, 0.29) is 24.9 Å². The number of hydrogen-bond acceptors (Lipinski definition) is 5. The van der Waals surface area contributed by atoms with Crippen LogP contribution in [0.3, 0.4) is 0 Å². The quantitative estimate of drug-likeness (QED) is 0.310. The fourth-order valence-electron chi connectivity index (χ4n) is 3.60. The predicted octanol–water partition coefficient (Wildman–Crippen LogP) is 4.66. The number of esters is 2. The van der Waals surface area contributed by atoms with Gasteiger partial charge >= 0.3 is 11.9 Å². The summed E-state index contributed by atoms with van der Waals surface area (Å²) in [4.78, 5) is 34.5. The number of halogens is 1. The number of amides is 1. The van der Waals surface area contributed by atoms with Crippen molar-refractivity contribution >= 4 is 17.8 Å². The Labute approximate surface area is 191 Å². The third-order valence-electron chi connectivity index (χ3n) is 5.35. The summed E-state index contributed by atoms with van der Waals surface area (Å²) in [5, 5.41) is 2.76. The minimum Gasteiger partial charge on any atom is -0.463 e. The minimum absolute atomic E-state index is 0.145. The van der Waals surface area contributed by atoms with Crippen LogP contribution < -0.4 is 5.32 Å². The fourth-order valence-corrected chi connectivity index (χ4v) is 3.60. The van der Waals surface area contributed by atoms with Crippen molar-refractivity contribution in [2.24, 2.45) is 0 Å². The van der Waals surface area contributed by atoms with Gasteiger partial charge in [-0.05, 0) is 42.9 Å². The van der Waals surface area contributed by atoms with Gasteiger partial charge in [0.25, 0.3) is 0 Å². The molecule has 1 aromatic carbocycles. The average molecular weight is 452 g/mol. The summed E-state index contributed by atoms with van der Waals surface area (Å²) < 4.78 is 24.9. The van der Waals surface area contributed by atoms with Gasteiger partial charge < -0.3 is 14.8 Å². The second kappa shape index (κ2) is 14.6. The predicted molar refractivity (Wildman–Crippen MR) is 122 cm³/mol. The molecule has 0 unspecified atom stereocenters. The molecule has 6 nitrogen and oxygen atoms in total. The standard InChI is InChI=1S/C25H38FNO5/c1-5-6-7-8-9-10-11-23-13-12-22(16-24(23)26)14-15-25(27-19(2)28,17-31-20(3)29)18-32-21(4)30/h12-13,16H,5-11,14-15,17-18H2,1-4H3,(H,27,28). The van der Waals surface area contributed by atoms with Crippen molar-refractivity contribution in [3.63, 3.8) is 0 Å². The van der Waals surface area contributed by atoms with Gasteiger partial charge in [0.05, 0.1) is 0 Å². The molecule has 0 bridgehead atoms. The number of benzene rings is 1. The fraction of sp³-hybridized carbons (Fsp3) is 0.640. The van der Waals surface area contributed by atoms with Crippen molar-refractivity contribution in [3.05, 3.63) is 35.1 Å². The van der Waals surface area contributed by atoms with Crippen LogP contribution in [0.1, 0.15) is 83.8 Å². The van der Waals surface area contributed by atoms with E-state index in [9.17, 15) is 18.8 Å². The zero-order valence-corrected chi connectivity index (χ0v) is 19.9. The first-order valence-electron chi connectivity index (χ1n) is 11.5. The summed E-state index contributed by atoms with van der Waals surface area (Å²) in [6.45, 7) is 5.77. The van der Waals surface area contributed by atoms with Crippen LogP contribution >= 0.6 is 0 Å². The molecule has 0 aliphatic heterocycles. The van der Waals surface area contributed by atoms with Gasteiger partial charge in [-0.15, -0.1) is 0 Å².